The predicted octanol–water partition coefficient (Wildman–Crippen LogP) is 5.21. The van der Waals surface area contributed by atoms with Crippen LogP contribution in [0.15, 0.2) is 18.2 Å². The number of carbonyl (C=O) groups is 1. The van der Waals surface area contributed by atoms with Crippen molar-refractivity contribution in [2.24, 2.45) is 0 Å². The van der Waals surface area contributed by atoms with Crippen LogP contribution >= 0.6 is 0 Å². The number of piperidine rings is 1. The molecule has 1 aliphatic carbocycles. The fourth-order valence-electron chi connectivity index (χ4n) is 5.90. The monoisotopic (exact) mass is 412 g/mol. The molecule has 166 valence electrons. The molecule has 2 heterocycles. The first-order chi connectivity index (χ1) is 14.3. The number of rotatable bonds is 5. The predicted molar refractivity (Wildman–Crippen MR) is 123 cm³/mol. The van der Waals surface area contributed by atoms with Gasteiger partial charge in [0.1, 0.15) is 0 Å². The number of ether oxygens (including phenoxy) is 1. The Morgan fingerprint density at radius 1 is 1.07 bits per heavy atom. The summed E-state index contributed by atoms with van der Waals surface area (Å²) in [5, 5.41) is 0. The van der Waals surface area contributed by atoms with Crippen molar-refractivity contribution >= 4 is 11.6 Å². The van der Waals surface area contributed by atoms with Crippen molar-refractivity contribution in [3.05, 3.63) is 29.3 Å². The van der Waals surface area contributed by atoms with Crippen LogP contribution in [0.3, 0.4) is 0 Å². The van der Waals surface area contributed by atoms with E-state index in [2.05, 4.69) is 62.6 Å². The van der Waals surface area contributed by atoms with Crippen molar-refractivity contribution in [2.75, 3.05) is 24.6 Å². The molecule has 1 amide bonds. The van der Waals surface area contributed by atoms with Gasteiger partial charge in [0.2, 0.25) is 5.91 Å². The highest BCUT2D eigenvalue weighted by molar-refractivity contribution is 6.08. The second-order valence-electron chi connectivity index (χ2n) is 10.6. The molecule has 4 heteroatoms. The fourth-order valence-corrected chi connectivity index (χ4v) is 5.90. The van der Waals surface area contributed by atoms with Crippen LogP contribution in [0.1, 0.15) is 83.8 Å². The smallest absolute Gasteiger partial charge is 0.237 e. The van der Waals surface area contributed by atoms with E-state index in [1.54, 1.807) is 0 Å². The van der Waals surface area contributed by atoms with Crippen LogP contribution in [-0.4, -0.2) is 48.2 Å². The van der Waals surface area contributed by atoms with Gasteiger partial charge in [-0.25, -0.2) is 0 Å². The molecule has 0 bridgehead atoms. The number of hydrogen-bond donors (Lipinski definition) is 0. The summed E-state index contributed by atoms with van der Waals surface area (Å²) >= 11 is 0. The van der Waals surface area contributed by atoms with Gasteiger partial charge in [-0.2, -0.15) is 0 Å². The highest BCUT2D eigenvalue weighted by Crippen LogP contribution is 2.45. The van der Waals surface area contributed by atoms with Crippen LogP contribution in [0, 0.1) is 6.92 Å². The first-order valence-electron chi connectivity index (χ1n) is 12.1. The van der Waals surface area contributed by atoms with E-state index in [1.165, 1.54) is 36.8 Å². The number of likely N-dealkylation sites (tertiary alicyclic amines) is 1. The summed E-state index contributed by atoms with van der Waals surface area (Å²) in [6, 6.07) is 6.84. The number of anilines is 1. The Hall–Kier alpha value is -1.39. The third-order valence-electron chi connectivity index (χ3n) is 8.00. The zero-order valence-electron chi connectivity index (χ0n) is 19.7. The standard InChI is InChI=1S/C26H40N2O2/c1-6-17-30-21-9-13-26(5,14-10-21)27-15-11-20(12-16-27)28-23-18-19(2)7-8-22(23)25(3,4)24(28)29/h7-8,18,20-21H,6,9-17H2,1-5H3. The fraction of sp³-hybridized carbons (Fsp3) is 0.731. The van der Waals surface area contributed by atoms with Crippen molar-refractivity contribution in [3.63, 3.8) is 0 Å². The van der Waals surface area contributed by atoms with Gasteiger partial charge in [0.25, 0.3) is 0 Å². The van der Waals surface area contributed by atoms with Gasteiger partial charge >= 0.3 is 0 Å². The highest BCUT2D eigenvalue weighted by Gasteiger charge is 2.47. The van der Waals surface area contributed by atoms with Crippen LogP contribution in [0.2, 0.25) is 0 Å². The molecule has 0 spiro atoms. The van der Waals surface area contributed by atoms with Gasteiger partial charge in [0.05, 0.1) is 11.5 Å². The maximum Gasteiger partial charge on any atom is 0.237 e. The molecule has 0 radical (unpaired) electrons. The molecule has 0 aromatic heterocycles. The van der Waals surface area contributed by atoms with Gasteiger partial charge in [-0.05, 0) is 89.8 Å². The number of nitrogens with zero attached hydrogens (tertiary/aromatic N) is 2. The minimum absolute atomic E-state index is 0.279. The summed E-state index contributed by atoms with van der Waals surface area (Å²) in [6.07, 6.45) is 8.52. The van der Waals surface area contributed by atoms with Crippen LogP contribution in [0.25, 0.3) is 0 Å². The van der Waals surface area contributed by atoms with E-state index >= 15 is 0 Å². The van der Waals surface area contributed by atoms with Gasteiger partial charge in [0, 0.05) is 37.0 Å². The molecule has 1 aromatic rings. The summed E-state index contributed by atoms with van der Waals surface area (Å²) in [6.45, 7) is 14.0. The maximum atomic E-state index is 13.4. The largest absolute Gasteiger partial charge is 0.378 e. The molecule has 0 unspecified atom stereocenters. The van der Waals surface area contributed by atoms with Gasteiger partial charge < -0.3 is 9.64 Å². The zero-order chi connectivity index (χ0) is 21.5. The molecule has 1 saturated heterocycles. The Balaban J connectivity index is 1.41. The second-order valence-corrected chi connectivity index (χ2v) is 10.6. The Morgan fingerprint density at radius 2 is 1.73 bits per heavy atom. The lowest BCUT2D eigenvalue weighted by molar-refractivity contribution is -0.122. The summed E-state index contributed by atoms with van der Waals surface area (Å²) in [5.41, 5.74) is 3.46. The molecule has 2 fully saturated rings. The lowest BCUT2D eigenvalue weighted by Crippen LogP contribution is -2.56. The molecule has 4 nitrogen and oxygen atoms in total. The van der Waals surface area contributed by atoms with Crippen LogP contribution < -0.4 is 4.90 Å². The average molecular weight is 413 g/mol. The number of fused-ring (bicyclic) bond motifs is 1. The van der Waals surface area contributed by atoms with Crippen LogP contribution in [-0.2, 0) is 14.9 Å². The lowest BCUT2D eigenvalue weighted by Gasteiger charge is -2.49. The number of aryl methyl sites for hydroxylation is 1. The van der Waals surface area contributed by atoms with E-state index in [1.807, 2.05) is 0 Å². The van der Waals surface area contributed by atoms with Crippen molar-refractivity contribution in [3.8, 4) is 0 Å². The van der Waals surface area contributed by atoms with E-state index in [4.69, 9.17) is 4.74 Å². The van der Waals surface area contributed by atoms with Gasteiger partial charge in [-0.15, -0.1) is 0 Å². The molecule has 1 saturated carbocycles. The SMILES string of the molecule is CCCOC1CCC(C)(N2CCC(N3C(=O)C(C)(C)c4ccc(C)cc43)CC2)CC1. The molecule has 4 rings (SSSR count). The van der Waals surface area contributed by atoms with Crippen molar-refractivity contribution in [1.82, 2.24) is 4.90 Å². The highest BCUT2D eigenvalue weighted by atomic mass is 16.5. The van der Waals surface area contributed by atoms with Crippen molar-refractivity contribution in [2.45, 2.75) is 103 Å². The summed E-state index contributed by atoms with van der Waals surface area (Å²) in [4.78, 5) is 18.2. The average Bonchev–Trinajstić information content (AvgIpc) is 2.93. The van der Waals surface area contributed by atoms with E-state index in [-0.39, 0.29) is 5.91 Å². The maximum absolute atomic E-state index is 13.4. The molecule has 2 aliphatic heterocycles. The van der Waals surface area contributed by atoms with Crippen molar-refractivity contribution in [1.29, 1.82) is 0 Å². The summed E-state index contributed by atoms with van der Waals surface area (Å²) in [5.74, 6) is 0.279. The minimum Gasteiger partial charge on any atom is -0.378 e. The van der Waals surface area contributed by atoms with E-state index in [9.17, 15) is 4.79 Å². The normalized spacial score (nSPS) is 30.0. The molecule has 3 aliphatic rings. The Morgan fingerprint density at radius 3 is 2.37 bits per heavy atom. The first kappa shape index (κ1) is 21.8. The van der Waals surface area contributed by atoms with Crippen molar-refractivity contribution < 1.29 is 9.53 Å². The zero-order valence-corrected chi connectivity index (χ0v) is 19.7. The van der Waals surface area contributed by atoms with E-state index in [0.717, 1.165) is 44.6 Å². The third kappa shape index (κ3) is 3.82. The molecular formula is C26H40N2O2. The quantitative estimate of drug-likeness (QED) is 0.665. The minimum atomic E-state index is -0.414. The molecule has 0 atom stereocenters. The lowest BCUT2D eigenvalue weighted by atomic mass is 9.79. The third-order valence-corrected chi connectivity index (χ3v) is 8.00. The Labute approximate surface area is 183 Å². The molecular weight excluding hydrogens is 372 g/mol. The number of amides is 1. The summed E-state index contributed by atoms with van der Waals surface area (Å²) < 4.78 is 6.01. The number of hydrogen-bond acceptors (Lipinski definition) is 3. The van der Waals surface area contributed by atoms with E-state index in [0.29, 0.717) is 17.7 Å². The topological polar surface area (TPSA) is 32.8 Å². The molecule has 30 heavy (non-hydrogen) atoms. The van der Waals surface area contributed by atoms with Gasteiger partial charge in [-0.1, -0.05) is 19.1 Å². The Bertz CT molecular complexity index is 771. The van der Waals surface area contributed by atoms with E-state index < -0.39 is 5.41 Å². The van der Waals surface area contributed by atoms with Gasteiger partial charge in [-0.3, -0.25) is 9.69 Å². The first-order valence-corrected chi connectivity index (χ1v) is 12.1. The molecule has 1 aromatic carbocycles. The summed E-state index contributed by atoms with van der Waals surface area (Å²) in [7, 11) is 0. The molecule has 0 N–H and O–H groups in total. The second kappa shape index (κ2) is 8.27. The Kier molecular flexibility index (Phi) is 6.02. The van der Waals surface area contributed by atoms with Crippen LogP contribution in [0.5, 0.6) is 0 Å². The number of carbonyl (C=O) groups excluding carboxylic acids is 1. The number of benzene rings is 1. The van der Waals surface area contributed by atoms with Gasteiger partial charge in [0.15, 0.2) is 0 Å². The van der Waals surface area contributed by atoms with Crippen LogP contribution in [0.4, 0.5) is 5.69 Å².